The molecule has 0 spiro atoms. The highest BCUT2D eigenvalue weighted by molar-refractivity contribution is 7.89. The van der Waals surface area contributed by atoms with Gasteiger partial charge in [0, 0.05) is 44.9 Å². The van der Waals surface area contributed by atoms with E-state index in [0.29, 0.717) is 38.3 Å². The molecule has 1 N–H and O–H groups in total. The lowest BCUT2D eigenvalue weighted by Gasteiger charge is -2.31. The highest BCUT2D eigenvalue weighted by atomic mass is 32.2. The number of nitrogens with zero attached hydrogens (tertiary/aromatic N) is 2. The van der Waals surface area contributed by atoms with Gasteiger partial charge in [-0.25, -0.2) is 8.42 Å². The second-order valence-corrected chi connectivity index (χ2v) is 8.00. The Labute approximate surface area is 143 Å². The van der Waals surface area contributed by atoms with Crippen LogP contribution < -0.4 is 5.32 Å². The predicted molar refractivity (Wildman–Crippen MR) is 91.5 cm³/mol. The first-order valence-corrected chi connectivity index (χ1v) is 9.37. The number of piperazine rings is 1. The first-order chi connectivity index (χ1) is 11.3. The number of hydrogen-bond donors (Lipinski definition) is 1. The molecular weight excluding hydrogens is 330 g/mol. The third kappa shape index (κ3) is 4.54. The Bertz CT molecular complexity index is 670. The molecule has 0 bridgehead atoms. The van der Waals surface area contributed by atoms with Gasteiger partial charge in [-0.2, -0.15) is 4.31 Å². The van der Waals surface area contributed by atoms with Crippen molar-refractivity contribution in [1.82, 2.24) is 14.5 Å². The van der Waals surface area contributed by atoms with Gasteiger partial charge >= 0.3 is 0 Å². The number of carbonyl (C=O) groups excluding carboxylic acids is 1. The van der Waals surface area contributed by atoms with Gasteiger partial charge in [-0.1, -0.05) is 6.07 Å². The van der Waals surface area contributed by atoms with Gasteiger partial charge < -0.3 is 15.0 Å². The number of amides is 1. The van der Waals surface area contributed by atoms with Crippen LogP contribution in [0.2, 0.25) is 0 Å². The summed E-state index contributed by atoms with van der Waals surface area (Å²) in [6.45, 7) is 4.54. The SMILES string of the molecule is COCC(C)NC(=O)c1cccc(S(=O)(=O)N2CCN(C)CC2)c1. The third-order valence-corrected chi connectivity index (χ3v) is 5.89. The minimum atomic E-state index is -3.58. The van der Waals surface area contributed by atoms with E-state index < -0.39 is 10.0 Å². The fourth-order valence-electron chi connectivity index (χ4n) is 2.57. The molecule has 1 aliphatic heterocycles. The van der Waals surface area contributed by atoms with Crippen molar-refractivity contribution < 1.29 is 17.9 Å². The van der Waals surface area contributed by atoms with Gasteiger partial charge in [0.05, 0.1) is 11.5 Å². The summed E-state index contributed by atoms with van der Waals surface area (Å²) in [4.78, 5) is 14.5. The minimum absolute atomic E-state index is 0.152. The van der Waals surface area contributed by atoms with Crippen LogP contribution in [0.5, 0.6) is 0 Å². The molecule has 1 fully saturated rings. The van der Waals surface area contributed by atoms with Gasteiger partial charge in [-0.3, -0.25) is 4.79 Å². The molecule has 1 unspecified atom stereocenters. The van der Waals surface area contributed by atoms with E-state index in [0.717, 1.165) is 0 Å². The van der Waals surface area contributed by atoms with E-state index in [1.165, 1.54) is 16.4 Å². The van der Waals surface area contributed by atoms with Gasteiger partial charge in [-0.15, -0.1) is 0 Å². The van der Waals surface area contributed by atoms with Crippen molar-refractivity contribution in [2.45, 2.75) is 17.9 Å². The summed E-state index contributed by atoms with van der Waals surface area (Å²) in [6, 6.07) is 6.02. The second kappa shape index (κ2) is 8.06. The summed E-state index contributed by atoms with van der Waals surface area (Å²) < 4.78 is 32.0. The maximum atomic E-state index is 12.7. The highest BCUT2D eigenvalue weighted by Crippen LogP contribution is 2.18. The largest absolute Gasteiger partial charge is 0.383 e. The van der Waals surface area contributed by atoms with Crippen LogP contribution in [-0.2, 0) is 14.8 Å². The van der Waals surface area contributed by atoms with Crippen LogP contribution in [-0.4, -0.2) is 76.5 Å². The van der Waals surface area contributed by atoms with E-state index in [9.17, 15) is 13.2 Å². The van der Waals surface area contributed by atoms with Crippen LogP contribution in [0, 0.1) is 0 Å². The lowest BCUT2D eigenvalue weighted by Crippen LogP contribution is -2.47. The van der Waals surface area contributed by atoms with E-state index in [2.05, 4.69) is 10.2 Å². The summed E-state index contributed by atoms with van der Waals surface area (Å²) in [7, 11) is -0.0484. The highest BCUT2D eigenvalue weighted by Gasteiger charge is 2.28. The molecule has 0 aliphatic carbocycles. The first kappa shape index (κ1) is 18.9. The molecule has 24 heavy (non-hydrogen) atoms. The molecule has 1 heterocycles. The lowest BCUT2D eigenvalue weighted by molar-refractivity contribution is 0.0905. The Morgan fingerprint density at radius 1 is 1.29 bits per heavy atom. The van der Waals surface area contributed by atoms with Crippen LogP contribution in [0.15, 0.2) is 29.2 Å². The quantitative estimate of drug-likeness (QED) is 0.798. The zero-order chi connectivity index (χ0) is 17.7. The average Bonchev–Trinajstić information content (AvgIpc) is 2.55. The van der Waals surface area contributed by atoms with Crippen molar-refractivity contribution in [3.63, 3.8) is 0 Å². The van der Waals surface area contributed by atoms with Gasteiger partial charge in [-0.05, 0) is 32.2 Å². The second-order valence-electron chi connectivity index (χ2n) is 6.07. The van der Waals surface area contributed by atoms with Crippen LogP contribution in [0.3, 0.4) is 0 Å². The minimum Gasteiger partial charge on any atom is -0.383 e. The van der Waals surface area contributed by atoms with Crippen molar-refractivity contribution in [2.24, 2.45) is 0 Å². The number of likely N-dealkylation sites (N-methyl/N-ethyl adjacent to an activating group) is 1. The van der Waals surface area contributed by atoms with Crippen LogP contribution in [0.25, 0.3) is 0 Å². The number of sulfonamides is 1. The normalized spacial score (nSPS) is 18.3. The Balaban J connectivity index is 2.15. The van der Waals surface area contributed by atoms with Crippen LogP contribution in [0.4, 0.5) is 0 Å². The van der Waals surface area contributed by atoms with E-state index in [4.69, 9.17) is 4.74 Å². The number of ether oxygens (including phenoxy) is 1. The molecule has 8 heteroatoms. The number of rotatable bonds is 6. The molecule has 0 radical (unpaired) electrons. The summed E-state index contributed by atoms with van der Waals surface area (Å²) >= 11 is 0. The third-order valence-electron chi connectivity index (χ3n) is 3.99. The summed E-state index contributed by atoms with van der Waals surface area (Å²) in [5, 5.41) is 2.78. The van der Waals surface area contributed by atoms with Crippen molar-refractivity contribution in [1.29, 1.82) is 0 Å². The monoisotopic (exact) mass is 355 g/mol. The molecule has 1 aromatic rings. The molecule has 2 rings (SSSR count). The Morgan fingerprint density at radius 3 is 2.58 bits per heavy atom. The maximum absolute atomic E-state index is 12.7. The van der Waals surface area contributed by atoms with E-state index in [1.54, 1.807) is 19.2 Å². The summed E-state index contributed by atoms with van der Waals surface area (Å²) in [6.07, 6.45) is 0. The van der Waals surface area contributed by atoms with E-state index in [-0.39, 0.29) is 16.8 Å². The fraction of sp³-hybridized carbons (Fsp3) is 0.562. The number of methoxy groups -OCH3 is 1. The van der Waals surface area contributed by atoms with Gasteiger partial charge in [0.25, 0.3) is 5.91 Å². The zero-order valence-electron chi connectivity index (χ0n) is 14.4. The van der Waals surface area contributed by atoms with Crippen molar-refractivity contribution >= 4 is 15.9 Å². The predicted octanol–water partition coefficient (Wildman–Crippen LogP) is 0.387. The summed E-state index contributed by atoms with van der Waals surface area (Å²) in [5.74, 6) is -0.310. The van der Waals surface area contributed by atoms with Gasteiger partial charge in [0.2, 0.25) is 10.0 Å². The molecule has 1 saturated heterocycles. The molecule has 0 aromatic heterocycles. The topological polar surface area (TPSA) is 78.9 Å². The molecule has 7 nitrogen and oxygen atoms in total. The number of benzene rings is 1. The van der Waals surface area contributed by atoms with Crippen molar-refractivity contribution in [2.75, 3.05) is 46.9 Å². The Morgan fingerprint density at radius 2 is 1.96 bits per heavy atom. The van der Waals surface area contributed by atoms with Crippen molar-refractivity contribution in [3.8, 4) is 0 Å². The maximum Gasteiger partial charge on any atom is 0.251 e. The van der Waals surface area contributed by atoms with Gasteiger partial charge in [0.1, 0.15) is 0 Å². The van der Waals surface area contributed by atoms with Gasteiger partial charge in [0.15, 0.2) is 0 Å². The van der Waals surface area contributed by atoms with Crippen LogP contribution in [0.1, 0.15) is 17.3 Å². The average molecular weight is 355 g/mol. The Hall–Kier alpha value is -1.48. The molecule has 0 saturated carbocycles. The number of carbonyl (C=O) groups is 1. The van der Waals surface area contributed by atoms with E-state index >= 15 is 0 Å². The lowest BCUT2D eigenvalue weighted by atomic mass is 10.2. The van der Waals surface area contributed by atoms with Crippen molar-refractivity contribution in [3.05, 3.63) is 29.8 Å². The zero-order valence-corrected chi connectivity index (χ0v) is 15.2. The smallest absolute Gasteiger partial charge is 0.251 e. The fourth-order valence-corrected chi connectivity index (χ4v) is 4.04. The number of hydrogen-bond acceptors (Lipinski definition) is 5. The first-order valence-electron chi connectivity index (χ1n) is 7.93. The molecule has 1 atom stereocenters. The molecule has 1 amide bonds. The molecule has 1 aromatic carbocycles. The standard InChI is InChI=1S/C16H25N3O4S/c1-13(12-23-3)17-16(20)14-5-4-6-15(11-14)24(21,22)19-9-7-18(2)8-10-19/h4-6,11,13H,7-10,12H2,1-3H3,(H,17,20). The Kier molecular flexibility index (Phi) is 6.34. The van der Waals surface area contributed by atoms with Crippen LogP contribution >= 0.6 is 0 Å². The molecular formula is C16H25N3O4S. The molecule has 134 valence electrons. The molecule has 1 aliphatic rings. The number of nitrogens with one attached hydrogen (secondary N) is 1. The summed E-state index contributed by atoms with van der Waals surface area (Å²) in [5.41, 5.74) is 0.327. The van der Waals surface area contributed by atoms with E-state index in [1.807, 2.05) is 14.0 Å².